The highest BCUT2D eigenvalue weighted by Crippen LogP contribution is 2.22. The zero-order valence-corrected chi connectivity index (χ0v) is 15.7. The molecule has 27 heavy (non-hydrogen) atoms. The molecule has 7 heteroatoms. The molecule has 1 atom stereocenters. The smallest absolute Gasteiger partial charge is 0.241 e. The quantitative estimate of drug-likeness (QED) is 0.755. The van der Waals surface area contributed by atoms with Crippen molar-refractivity contribution in [1.29, 1.82) is 0 Å². The van der Waals surface area contributed by atoms with Crippen LogP contribution in [0.25, 0.3) is 5.69 Å². The van der Waals surface area contributed by atoms with Gasteiger partial charge < -0.3 is 9.88 Å². The van der Waals surface area contributed by atoms with Gasteiger partial charge in [0.15, 0.2) is 0 Å². The van der Waals surface area contributed by atoms with Crippen molar-refractivity contribution < 1.29 is 4.79 Å². The zero-order valence-electron chi connectivity index (χ0n) is 15.7. The number of aromatic nitrogens is 4. The van der Waals surface area contributed by atoms with Crippen molar-refractivity contribution >= 4 is 11.6 Å². The molecule has 1 aliphatic heterocycles. The molecule has 1 aliphatic rings. The Morgan fingerprint density at radius 2 is 2.22 bits per heavy atom. The van der Waals surface area contributed by atoms with E-state index in [1.165, 1.54) is 0 Å². The summed E-state index contributed by atoms with van der Waals surface area (Å²) < 4.78 is 3.86. The van der Waals surface area contributed by atoms with E-state index in [9.17, 15) is 4.79 Å². The van der Waals surface area contributed by atoms with E-state index in [2.05, 4.69) is 24.9 Å². The zero-order chi connectivity index (χ0) is 18.8. The molecule has 1 N–H and O–H groups in total. The molecule has 3 aromatic rings. The molecule has 1 amide bonds. The minimum atomic E-state index is -0.117. The maximum atomic E-state index is 12.9. The fourth-order valence-electron chi connectivity index (χ4n) is 3.59. The van der Waals surface area contributed by atoms with Crippen molar-refractivity contribution in [2.75, 3.05) is 11.9 Å². The predicted molar refractivity (Wildman–Crippen MR) is 104 cm³/mol. The number of aryl methyl sites for hydroxylation is 1. The molecular weight excluding hydrogens is 340 g/mol. The van der Waals surface area contributed by atoms with Crippen LogP contribution in [0, 0.1) is 6.92 Å². The highest BCUT2D eigenvalue weighted by molar-refractivity contribution is 5.95. The standard InChI is InChI=1S/C20H24N6O/c1-15-21-13-18(24(15)2)14-25-10-4-8-19(25)20(27)23-16-6-3-7-17(12-16)26-11-5-9-22-26/h3,5-7,9,11-13,19H,4,8,10,14H2,1-2H3,(H,23,27)/t19-/m1/s1. The van der Waals surface area contributed by atoms with Gasteiger partial charge >= 0.3 is 0 Å². The molecule has 1 aromatic carbocycles. The van der Waals surface area contributed by atoms with Gasteiger partial charge in [0.05, 0.1) is 17.4 Å². The Morgan fingerprint density at radius 3 is 2.96 bits per heavy atom. The Hall–Kier alpha value is -2.93. The van der Waals surface area contributed by atoms with Crippen molar-refractivity contribution in [2.45, 2.75) is 32.4 Å². The Labute approximate surface area is 158 Å². The summed E-state index contributed by atoms with van der Waals surface area (Å²) in [6.45, 7) is 3.66. The second-order valence-corrected chi connectivity index (χ2v) is 6.97. The van der Waals surface area contributed by atoms with Crippen LogP contribution in [0.4, 0.5) is 5.69 Å². The van der Waals surface area contributed by atoms with E-state index in [-0.39, 0.29) is 11.9 Å². The van der Waals surface area contributed by atoms with Crippen LogP contribution in [0.2, 0.25) is 0 Å². The van der Waals surface area contributed by atoms with Gasteiger partial charge in [0.2, 0.25) is 5.91 Å². The lowest BCUT2D eigenvalue weighted by molar-refractivity contribution is -0.120. The third kappa shape index (κ3) is 3.64. The molecule has 1 saturated heterocycles. The van der Waals surface area contributed by atoms with Crippen LogP contribution in [0.15, 0.2) is 48.9 Å². The number of likely N-dealkylation sites (tertiary alicyclic amines) is 1. The third-order valence-corrected chi connectivity index (χ3v) is 5.23. The lowest BCUT2D eigenvalue weighted by Gasteiger charge is -2.24. The molecule has 4 rings (SSSR count). The van der Waals surface area contributed by atoms with Crippen molar-refractivity contribution in [3.8, 4) is 5.69 Å². The second-order valence-electron chi connectivity index (χ2n) is 6.97. The highest BCUT2D eigenvalue weighted by Gasteiger charge is 2.31. The Bertz CT molecular complexity index is 930. The van der Waals surface area contributed by atoms with Crippen LogP contribution in [0.3, 0.4) is 0 Å². The van der Waals surface area contributed by atoms with Crippen LogP contribution >= 0.6 is 0 Å². The summed E-state index contributed by atoms with van der Waals surface area (Å²) in [6, 6.07) is 9.51. The summed E-state index contributed by atoms with van der Waals surface area (Å²) >= 11 is 0. The monoisotopic (exact) mass is 364 g/mol. The Morgan fingerprint density at radius 1 is 1.33 bits per heavy atom. The number of hydrogen-bond acceptors (Lipinski definition) is 4. The number of hydrogen-bond donors (Lipinski definition) is 1. The van der Waals surface area contributed by atoms with Crippen LogP contribution in [-0.4, -0.2) is 42.7 Å². The van der Waals surface area contributed by atoms with E-state index in [1.54, 1.807) is 10.9 Å². The van der Waals surface area contributed by atoms with E-state index in [0.29, 0.717) is 0 Å². The lowest BCUT2D eigenvalue weighted by atomic mass is 10.2. The van der Waals surface area contributed by atoms with Crippen molar-refractivity contribution in [3.05, 3.63) is 60.4 Å². The normalized spacial score (nSPS) is 17.3. The Balaban J connectivity index is 1.46. The number of imidazole rings is 1. The minimum Gasteiger partial charge on any atom is -0.334 e. The van der Waals surface area contributed by atoms with Crippen LogP contribution in [0.1, 0.15) is 24.4 Å². The summed E-state index contributed by atoms with van der Waals surface area (Å²) in [7, 11) is 2.02. The Kier molecular flexibility index (Phi) is 4.77. The SMILES string of the molecule is Cc1ncc(CN2CCC[C@@H]2C(=O)Nc2cccc(-n3cccn3)c2)n1C. The maximum absolute atomic E-state index is 12.9. The van der Waals surface area contributed by atoms with Crippen molar-refractivity contribution in [1.82, 2.24) is 24.2 Å². The minimum absolute atomic E-state index is 0.0454. The molecule has 0 aliphatic carbocycles. The van der Waals surface area contributed by atoms with E-state index >= 15 is 0 Å². The largest absolute Gasteiger partial charge is 0.334 e. The summed E-state index contributed by atoms with van der Waals surface area (Å²) in [5.74, 6) is 1.03. The molecule has 0 spiro atoms. The van der Waals surface area contributed by atoms with E-state index in [0.717, 1.165) is 48.8 Å². The summed E-state index contributed by atoms with van der Waals surface area (Å²) in [5, 5.41) is 7.32. The number of carbonyl (C=O) groups excluding carboxylic acids is 1. The predicted octanol–water partition coefficient (Wildman–Crippen LogP) is 2.52. The summed E-state index contributed by atoms with van der Waals surface area (Å²) in [6.07, 6.45) is 7.43. The van der Waals surface area contributed by atoms with Gasteiger partial charge in [0.25, 0.3) is 0 Å². The first-order chi connectivity index (χ1) is 13.1. The average Bonchev–Trinajstić information content (AvgIpc) is 3.41. The van der Waals surface area contributed by atoms with Gasteiger partial charge in [0.1, 0.15) is 5.82 Å². The van der Waals surface area contributed by atoms with Gasteiger partial charge in [-0.25, -0.2) is 9.67 Å². The summed E-state index contributed by atoms with van der Waals surface area (Å²) in [4.78, 5) is 19.5. The molecular formula is C20H24N6O. The lowest BCUT2D eigenvalue weighted by Crippen LogP contribution is -2.39. The molecule has 0 unspecified atom stereocenters. The number of carbonyl (C=O) groups is 1. The molecule has 7 nitrogen and oxygen atoms in total. The number of benzene rings is 1. The van der Waals surface area contributed by atoms with Gasteiger partial charge in [0, 0.05) is 37.9 Å². The first-order valence-electron chi connectivity index (χ1n) is 9.24. The number of anilines is 1. The fraction of sp³-hybridized carbons (Fsp3) is 0.350. The first kappa shape index (κ1) is 17.5. The molecule has 0 radical (unpaired) electrons. The van der Waals surface area contributed by atoms with E-state index in [4.69, 9.17) is 0 Å². The van der Waals surface area contributed by atoms with Gasteiger partial charge in [-0.1, -0.05) is 6.07 Å². The van der Waals surface area contributed by atoms with Crippen molar-refractivity contribution in [2.24, 2.45) is 7.05 Å². The number of amides is 1. The van der Waals surface area contributed by atoms with Crippen molar-refractivity contribution in [3.63, 3.8) is 0 Å². The van der Waals surface area contributed by atoms with Crippen LogP contribution in [-0.2, 0) is 18.4 Å². The third-order valence-electron chi connectivity index (χ3n) is 5.23. The van der Waals surface area contributed by atoms with Gasteiger partial charge in [-0.3, -0.25) is 9.69 Å². The molecule has 1 fully saturated rings. The molecule has 0 saturated carbocycles. The number of rotatable bonds is 5. The molecule has 0 bridgehead atoms. The van der Waals surface area contributed by atoms with E-state index < -0.39 is 0 Å². The van der Waals surface area contributed by atoms with Crippen LogP contribution in [0.5, 0.6) is 0 Å². The van der Waals surface area contributed by atoms with Crippen LogP contribution < -0.4 is 5.32 Å². The van der Waals surface area contributed by atoms with Gasteiger partial charge in [-0.05, 0) is 50.6 Å². The summed E-state index contributed by atoms with van der Waals surface area (Å²) in [5.41, 5.74) is 2.84. The first-order valence-corrected chi connectivity index (χ1v) is 9.24. The van der Waals surface area contributed by atoms with E-state index in [1.807, 2.05) is 56.7 Å². The maximum Gasteiger partial charge on any atom is 0.241 e. The van der Waals surface area contributed by atoms with Gasteiger partial charge in [-0.2, -0.15) is 5.10 Å². The second kappa shape index (κ2) is 7.36. The molecule has 140 valence electrons. The number of nitrogens with zero attached hydrogens (tertiary/aromatic N) is 5. The molecule has 2 aromatic heterocycles. The fourth-order valence-corrected chi connectivity index (χ4v) is 3.59. The topological polar surface area (TPSA) is 68.0 Å². The van der Waals surface area contributed by atoms with Gasteiger partial charge in [-0.15, -0.1) is 0 Å². The molecule has 3 heterocycles. The highest BCUT2D eigenvalue weighted by atomic mass is 16.2. The average molecular weight is 364 g/mol. The number of nitrogens with one attached hydrogen (secondary N) is 1.